The van der Waals surface area contributed by atoms with Gasteiger partial charge in [0.15, 0.2) is 0 Å². The SMILES string of the molecule is CCN1CCN(c2ccc(-c3csc(C)n3)cc2N)CC1. The third-order valence-electron chi connectivity index (χ3n) is 4.10. The number of nitrogens with two attached hydrogens (primary N) is 1. The fourth-order valence-corrected chi connectivity index (χ4v) is 3.42. The first-order valence-corrected chi connectivity index (χ1v) is 8.34. The fourth-order valence-electron chi connectivity index (χ4n) is 2.80. The van der Waals surface area contributed by atoms with Crippen LogP contribution in [0.25, 0.3) is 11.3 Å². The van der Waals surface area contributed by atoms with E-state index in [-0.39, 0.29) is 0 Å². The van der Waals surface area contributed by atoms with Gasteiger partial charge in [-0.15, -0.1) is 11.3 Å². The molecule has 4 nitrogen and oxygen atoms in total. The molecule has 2 N–H and O–H groups in total. The van der Waals surface area contributed by atoms with Gasteiger partial charge in [-0.3, -0.25) is 0 Å². The molecule has 0 aliphatic carbocycles. The minimum absolute atomic E-state index is 0.850. The van der Waals surface area contributed by atoms with Gasteiger partial charge in [0.05, 0.1) is 22.1 Å². The summed E-state index contributed by atoms with van der Waals surface area (Å²) in [6.45, 7) is 9.70. The van der Waals surface area contributed by atoms with E-state index in [2.05, 4.69) is 45.3 Å². The fraction of sp³-hybridized carbons (Fsp3) is 0.438. The number of thiazole rings is 1. The lowest BCUT2D eigenvalue weighted by molar-refractivity contribution is 0.271. The van der Waals surface area contributed by atoms with Crippen molar-refractivity contribution in [2.24, 2.45) is 0 Å². The van der Waals surface area contributed by atoms with Crippen LogP contribution in [0.2, 0.25) is 0 Å². The summed E-state index contributed by atoms with van der Waals surface area (Å²) in [6, 6.07) is 6.32. The molecule has 0 radical (unpaired) electrons. The molecule has 3 rings (SSSR count). The van der Waals surface area contributed by atoms with Crippen LogP contribution in [0.3, 0.4) is 0 Å². The summed E-state index contributed by atoms with van der Waals surface area (Å²) >= 11 is 1.67. The van der Waals surface area contributed by atoms with E-state index >= 15 is 0 Å². The van der Waals surface area contributed by atoms with Crippen molar-refractivity contribution in [1.82, 2.24) is 9.88 Å². The van der Waals surface area contributed by atoms with Crippen LogP contribution in [0.15, 0.2) is 23.6 Å². The maximum atomic E-state index is 6.28. The van der Waals surface area contributed by atoms with Crippen molar-refractivity contribution in [2.75, 3.05) is 43.4 Å². The van der Waals surface area contributed by atoms with Crippen LogP contribution >= 0.6 is 11.3 Å². The molecule has 2 aromatic rings. The van der Waals surface area contributed by atoms with E-state index in [4.69, 9.17) is 5.73 Å². The Labute approximate surface area is 130 Å². The minimum atomic E-state index is 0.850. The van der Waals surface area contributed by atoms with Gasteiger partial charge in [-0.25, -0.2) is 4.98 Å². The number of rotatable bonds is 3. The van der Waals surface area contributed by atoms with Gasteiger partial charge in [-0.1, -0.05) is 13.0 Å². The van der Waals surface area contributed by atoms with Gasteiger partial charge in [-0.05, 0) is 25.6 Å². The maximum Gasteiger partial charge on any atom is 0.0901 e. The smallest absolute Gasteiger partial charge is 0.0901 e. The molecule has 0 bridgehead atoms. The van der Waals surface area contributed by atoms with Crippen molar-refractivity contribution < 1.29 is 0 Å². The number of anilines is 2. The van der Waals surface area contributed by atoms with E-state index < -0.39 is 0 Å². The van der Waals surface area contributed by atoms with Crippen LogP contribution < -0.4 is 10.6 Å². The van der Waals surface area contributed by atoms with Crippen LogP contribution in [0.5, 0.6) is 0 Å². The highest BCUT2D eigenvalue weighted by atomic mass is 32.1. The molecule has 1 aliphatic rings. The molecule has 1 aliphatic heterocycles. The Balaban J connectivity index is 1.79. The third-order valence-corrected chi connectivity index (χ3v) is 4.88. The zero-order valence-corrected chi connectivity index (χ0v) is 13.5. The topological polar surface area (TPSA) is 45.4 Å². The van der Waals surface area contributed by atoms with Crippen LogP contribution in [0.4, 0.5) is 11.4 Å². The third kappa shape index (κ3) is 3.04. The van der Waals surface area contributed by atoms with Gasteiger partial charge in [0.25, 0.3) is 0 Å². The zero-order valence-electron chi connectivity index (χ0n) is 12.7. The summed E-state index contributed by atoms with van der Waals surface area (Å²) in [4.78, 5) is 9.39. The average Bonchev–Trinajstić information content (AvgIpc) is 2.94. The van der Waals surface area contributed by atoms with Crippen molar-refractivity contribution in [3.05, 3.63) is 28.6 Å². The van der Waals surface area contributed by atoms with Gasteiger partial charge >= 0.3 is 0 Å². The maximum absolute atomic E-state index is 6.28. The Bertz CT molecular complexity index is 614. The second-order valence-electron chi connectivity index (χ2n) is 5.45. The van der Waals surface area contributed by atoms with Gasteiger partial charge in [0, 0.05) is 37.1 Å². The number of hydrogen-bond donors (Lipinski definition) is 1. The number of hydrogen-bond acceptors (Lipinski definition) is 5. The molecule has 1 saturated heterocycles. The lowest BCUT2D eigenvalue weighted by Crippen LogP contribution is -2.46. The standard InChI is InChI=1S/C16H22N4S/c1-3-19-6-8-20(9-7-19)16-5-4-13(10-14(16)17)15-11-21-12(2)18-15/h4-5,10-11H,3,6-9,17H2,1-2H3. The summed E-state index contributed by atoms with van der Waals surface area (Å²) in [5.41, 5.74) is 10.4. The quantitative estimate of drug-likeness (QED) is 0.886. The summed E-state index contributed by atoms with van der Waals surface area (Å²) in [6.07, 6.45) is 0. The molecule has 0 atom stereocenters. The van der Waals surface area contributed by atoms with Gasteiger partial charge < -0.3 is 15.5 Å². The van der Waals surface area contributed by atoms with Crippen molar-refractivity contribution in [3.8, 4) is 11.3 Å². The molecule has 112 valence electrons. The lowest BCUT2D eigenvalue weighted by Gasteiger charge is -2.36. The number of likely N-dealkylation sites (N-methyl/N-ethyl adjacent to an activating group) is 1. The van der Waals surface area contributed by atoms with Crippen LogP contribution in [0, 0.1) is 6.92 Å². The van der Waals surface area contributed by atoms with Crippen molar-refractivity contribution >= 4 is 22.7 Å². The summed E-state index contributed by atoms with van der Waals surface area (Å²) in [7, 11) is 0. The predicted octanol–water partition coefficient (Wildman–Crippen LogP) is 2.84. The Morgan fingerprint density at radius 1 is 1.24 bits per heavy atom. The lowest BCUT2D eigenvalue weighted by atomic mass is 10.1. The van der Waals surface area contributed by atoms with Crippen molar-refractivity contribution in [1.29, 1.82) is 0 Å². The van der Waals surface area contributed by atoms with Crippen LogP contribution in [-0.4, -0.2) is 42.6 Å². The highest BCUT2D eigenvalue weighted by Crippen LogP contribution is 2.30. The molecule has 21 heavy (non-hydrogen) atoms. The van der Waals surface area contributed by atoms with E-state index in [0.717, 1.165) is 60.4 Å². The highest BCUT2D eigenvalue weighted by Gasteiger charge is 2.18. The summed E-state index contributed by atoms with van der Waals surface area (Å²) in [5.74, 6) is 0. The van der Waals surface area contributed by atoms with Crippen LogP contribution in [0.1, 0.15) is 11.9 Å². The summed E-state index contributed by atoms with van der Waals surface area (Å²) < 4.78 is 0. The molecule has 1 aromatic heterocycles. The molecule has 0 spiro atoms. The van der Waals surface area contributed by atoms with E-state index in [1.165, 1.54) is 0 Å². The molecule has 0 amide bonds. The Morgan fingerprint density at radius 2 is 2.00 bits per heavy atom. The Kier molecular flexibility index (Phi) is 4.12. The number of aromatic nitrogens is 1. The van der Waals surface area contributed by atoms with Crippen molar-refractivity contribution in [2.45, 2.75) is 13.8 Å². The Morgan fingerprint density at radius 3 is 2.57 bits per heavy atom. The number of nitrogens with zero attached hydrogens (tertiary/aromatic N) is 3. The highest BCUT2D eigenvalue weighted by molar-refractivity contribution is 7.09. The van der Waals surface area contributed by atoms with E-state index in [0.29, 0.717) is 0 Å². The zero-order chi connectivity index (χ0) is 14.8. The van der Waals surface area contributed by atoms with Gasteiger partial charge in [0.1, 0.15) is 0 Å². The first-order valence-electron chi connectivity index (χ1n) is 7.46. The number of piperazine rings is 1. The van der Waals surface area contributed by atoms with E-state index in [9.17, 15) is 0 Å². The molecule has 1 fully saturated rings. The second-order valence-corrected chi connectivity index (χ2v) is 6.51. The largest absolute Gasteiger partial charge is 0.397 e. The molecular weight excluding hydrogens is 280 g/mol. The first-order chi connectivity index (χ1) is 10.2. The van der Waals surface area contributed by atoms with E-state index in [1.807, 2.05) is 6.92 Å². The molecular formula is C16H22N4S. The molecule has 0 saturated carbocycles. The monoisotopic (exact) mass is 302 g/mol. The number of aryl methyl sites for hydroxylation is 1. The van der Waals surface area contributed by atoms with Gasteiger partial charge in [0.2, 0.25) is 0 Å². The molecule has 0 unspecified atom stereocenters. The summed E-state index contributed by atoms with van der Waals surface area (Å²) in [5, 5.41) is 3.17. The predicted molar refractivity (Wildman–Crippen MR) is 91.0 cm³/mol. The normalized spacial score (nSPS) is 16.4. The van der Waals surface area contributed by atoms with Crippen molar-refractivity contribution in [3.63, 3.8) is 0 Å². The average molecular weight is 302 g/mol. The Hall–Kier alpha value is -1.59. The minimum Gasteiger partial charge on any atom is -0.397 e. The van der Waals surface area contributed by atoms with Crippen LogP contribution in [-0.2, 0) is 0 Å². The molecule has 5 heteroatoms. The second kappa shape index (κ2) is 6.03. The number of nitrogen functional groups attached to an aromatic ring is 1. The molecule has 1 aromatic carbocycles. The van der Waals surface area contributed by atoms with Gasteiger partial charge in [-0.2, -0.15) is 0 Å². The molecule has 2 heterocycles. The first kappa shape index (κ1) is 14.4. The number of benzene rings is 1. The van der Waals surface area contributed by atoms with E-state index in [1.54, 1.807) is 11.3 Å².